The molecule has 2 rings (SSSR count). The Labute approximate surface area is 93.3 Å². The topological polar surface area (TPSA) is 43.8 Å². The molecule has 0 saturated heterocycles. The molecule has 3 nitrogen and oxygen atoms in total. The summed E-state index contributed by atoms with van der Waals surface area (Å²) in [6, 6.07) is 3.99. The van der Waals surface area contributed by atoms with Gasteiger partial charge in [-0.3, -0.25) is 4.68 Å². The van der Waals surface area contributed by atoms with Crippen LogP contribution in [-0.4, -0.2) is 9.78 Å². The van der Waals surface area contributed by atoms with E-state index in [1.807, 2.05) is 0 Å². The summed E-state index contributed by atoms with van der Waals surface area (Å²) in [6.07, 6.45) is -4.30. The summed E-state index contributed by atoms with van der Waals surface area (Å²) >= 11 is 0.659. The van der Waals surface area contributed by atoms with Crippen LogP contribution in [0.2, 0.25) is 0 Å². The highest BCUT2D eigenvalue weighted by Gasteiger charge is 2.32. The van der Waals surface area contributed by atoms with Crippen molar-refractivity contribution in [1.82, 2.24) is 9.78 Å². The van der Waals surface area contributed by atoms with Gasteiger partial charge >= 0.3 is 6.18 Å². The first-order valence-corrected chi connectivity index (χ1v) is 5.16. The number of alkyl halides is 3. The van der Waals surface area contributed by atoms with Gasteiger partial charge in [0.2, 0.25) is 0 Å². The second-order valence-corrected chi connectivity index (χ2v) is 4.32. The van der Waals surface area contributed by atoms with Crippen LogP contribution in [0.1, 0.15) is 4.88 Å². The number of aromatic nitrogens is 2. The second kappa shape index (κ2) is 3.51. The van der Waals surface area contributed by atoms with E-state index < -0.39 is 11.1 Å². The van der Waals surface area contributed by atoms with Crippen LogP contribution in [0.3, 0.4) is 0 Å². The molecule has 86 valence electrons. The molecular formula is C9H8F3N3S. The number of rotatable bonds is 1. The number of hydrogen-bond acceptors (Lipinski definition) is 3. The van der Waals surface area contributed by atoms with Crippen molar-refractivity contribution in [3.05, 3.63) is 23.1 Å². The van der Waals surface area contributed by atoms with Crippen molar-refractivity contribution in [1.29, 1.82) is 0 Å². The summed E-state index contributed by atoms with van der Waals surface area (Å²) in [4.78, 5) is -0.175. The monoisotopic (exact) mass is 247 g/mol. The predicted molar refractivity (Wildman–Crippen MR) is 55.9 cm³/mol. The fourth-order valence-electron chi connectivity index (χ4n) is 1.23. The lowest BCUT2D eigenvalue weighted by Gasteiger charge is -2.00. The van der Waals surface area contributed by atoms with Crippen LogP contribution < -0.4 is 5.73 Å². The molecule has 0 saturated carbocycles. The maximum atomic E-state index is 12.4. The standard InChI is InChI=1S/C9H8F3N3S/c1-15-8(13)4-5(14-15)6-2-3-7(16-6)9(10,11)12/h2-4H,13H2,1H3. The molecule has 2 aromatic rings. The molecule has 2 aromatic heterocycles. The van der Waals surface area contributed by atoms with Crippen molar-refractivity contribution >= 4 is 17.2 Å². The Morgan fingerprint density at radius 1 is 1.38 bits per heavy atom. The number of halogens is 3. The summed E-state index contributed by atoms with van der Waals surface area (Å²) in [5, 5.41) is 4.01. The van der Waals surface area contributed by atoms with E-state index >= 15 is 0 Å². The molecular weight excluding hydrogens is 239 g/mol. The quantitative estimate of drug-likeness (QED) is 0.842. The van der Waals surface area contributed by atoms with E-state index in [0.717, 1.165) is 6.07 Å². The number of anilines is 1. The number of nitrogens with zero attached hydrogens (tertiary/aromatic N) is 2. The highest BCUT2D eigenvalue weighted by molar-refractivity contribution is 7.15. The second-order valence-electron chi connectivity index (χ2n) is 3.24. The molecule has 0 aliphatic carbocycles. The number of thiophene rings is 1. The van der Waals surface area contributed by atoms with E-state index in [1.165, 1.54) is 10.7 Å². The third-order valence-corrected chi connectivity index (χ3v) is 3.21. The number of aryl methyl sites for hydroxylation is 1. The smallest absolute Gasteiger partial charge is 0.384 e. The summed E-state index contributed by atoms with van der Waals surface area (Å²) in [7, 11) is 1.64. The average molecular weight is 247 g/mol. The molecule has 0 amide bonds. The molecule has 0 aromatic carbocycles. The lowest BCUT2D eigenvalue weighted by molar-refractivity contribution is -0.134. The first-order chi connectivity index (χ1) is 7.38. The van der Waals surface area contributed by atoms with Crippen molar-refractivity contribution in [2.24, 2.45) is 7.05 Å². The Bertz CT molecular complexity index is 493. The summed E-state index contributed by atoms with van der Waals surface area (Å²) < 4.78 is 38.5. The van der Waals surface area contributed by atoms with Crippen molar-refractivity contribution in [2.75, 3.05) is 5.73 Å². The van der Waals surface area contributed by atoms with Gasteiger partial charge in [0.05, 0.1) is 4.88 Å². The molecule has 0 atom stereocenters. The summed E-state index contributed by atoms with van der Waals surface area (Å²) in [6.45, 7) is 0. The van der Waals surface area contributed by atoms with Crippen LogP contribution in [0.4, 0.5) is 19.0 Å². The van der Waals surface area contributed by atoms with Crippen molar-refractivity contribution in [3.63, 3.8) is 0 Å². The van der Waals surface area contributed by atoms with Gasteiger partial charge in [-0.2, -0.15) is 18.3 Å². The van der Waals surface area contributed by atoms with Gasteiger partial charge in [-0.15, -0.1) is 11.3 Å². The third kappa shape index (κ3) is 1.90. The molecule has 16 heavy (non-hydrogen) atoms. The maximum Gasteiger partial charge on any atom is 0.425 e. The van der Waals surface area contributed by atoms with E-state index in [0.29, 0.717) is 27.7 Å². The minimum Gasteiger partial charge on any atom is -0.384 e. The Balaban J connectivity index is 2.39. The normalized spacial score (nSPS) is 12.0. The number of nitrogens with two attached hydrogens (primary N) is 1. The molecule has 0 spiro atoms. The zero-order valence-corrected chi connectivity index (χ0v) is 9.06. The van der Waals surface area contributed by atoms with E-state index in [4.69, 9.17) is 5.73 Å². The molecule has 2 N–H and O–H groups in total. The highest BCUT2D eigenvalue weighted by Crippen LogP contribution is 2.38. The van der Waals surface area contributed by atoms with E-state index in [1.54, 1.807) is 13.1 Å². The van der Waals surface area contributed by atoms with Gasteiger partial charge in [-0.05, 0) is 12.1 Å². The molecule has 0 aliphatic heterocycles. The fraction of sp³-hybridized carbons (Fsp3) is 0.222. The van der Waals surface area contributed by atoms with Gasteiger partial charge in [0.15, 0.2) is 0 Å². The van der Waals surface area contributed by atoms with Crippen LogP contribution in [0.15, 0.2) is 18.2 Å². The number of nitrogen functional groups attached to an aromatic ring is 1. The average Bonchev–Trinajstić information content (AvgIpc) is 2.73. The van der Waals surface area contributed by atoms with Crippen molar-refractivity contribution in [3.8, 4) is 10.6 Å². The maximum absolute atomic E-state index is 12.4. The van der Waals surface area contributed by atoms with Crippen molar-refractivity contribution < 1.29 is 13.2 Å². The van der Waals surface area contributed by atoms with Gasteiger partial charge in [0, 0.05) is 13.1 Å². The molecule has 0 fully saturated rings. The molecule has 7 heteroatoms. The molecule has 0 bridgehead atoms. The van der Waals surface area contributed by atoms with Crippen LogP contribution in [-0.2, 0) is 13.2 Å². The SMILES string of the molecule is Cn1nc(-c2ccc(C(F)(F)F)s2)cc1N. The Morgan fingerprint density at radius 2 is 2.06 bits per heavy atom. The Morgan fingerprint density at radius 3 is 2.50 bits per heavy atom. The largest absolute Gasteiger partial charge is 0.425 e. The van der Waals surface area contributed by atoms with Crippen LogP contribution >= 0.6 is 11.3 Å². The zero-order chi connectivity index (χ0) is 11.9. The minimum absolute atomic E-state index is 0.414. The highest BCUT2D eigenvalue weighted by atomic mass is 32.1. The lowest BCUT2D eigenvalue weighted by Crippen LogP contribution is -2.00. The van der Waals surface area contributed by atoms with Gasteiger partial charge in [-0.1, -0.05) is 0 Å². The molecule has 0 unspecified atom stereocenters. The first kappa shape index (κ1) is 11.0. The summed E-state index contributed by atoms with van der Waals surface area (Å²) in [5.41, 5.74) is 6.01. The zero-order valence-electron chi connectivity index (χ0n) is 8.25. The number of hydrogen-bond donors (Lipinski definition) is 1. The van der Waals surface area contributed by atoms with E-state index in [-0.39, 0.29) is 0 Å². The predicted octanol–water partition coefficient (Wildman–Crippen LogP) is 2.75. The molecule has 0 aliphatic rings. The van der Waals surface area contributed by atoms with E-state index in [9.17, 15) is 13.2 Å². The van der Waals surface area contributed by atoms with Crippen LogP contribution in [0.25, 0.3) is 10.6 Å². The third-order valence-electron chi connectivity index (χ3n) is 2.05. The van der Waals surface area contributed by atoms with Crippen LogP contribution in [0.5, 0.6) is 0 Å². The Hall–Kier alpha value is -1.50. The summed E-state index contributed by atoms with van der Waals surface area (Å²) in [5.74, 6) is 0.414. The van der Waals surface area contributed by atoms with Crippen molar-refractivity contribution in [2.45, 2.75) is 6.18 Å². The molecule has 2 heterocycles. The molecule has 0 radical (unpaired) electrons. The minimum atomic E-state index is -4.30. The van der Waals surface area contributed by atoms with Gasteiger partial charge < -0.3 is 5.73 Å². The first-order valence-electron chi connectivity index (χ1n) is 4.35. The fourth-order valence-corrected chi connectivity index (χ4v) is 2.06. The van der Waals surface area contributed by atoms with Crippen LogP contribution in [0, 0.1) is 0 Å². The van der Waals surface area contributed by atoms with Gasteiger partial charge in [0.1, 0.15) is 16.4 Å². The Kier molecular flexibility index (Phi) is 2.42. The van der Waals surface area contributed by atoms with Gasteiger partial charge in [0.25, 0.3) is 0 Å². The van der Waals surface area contributed by atoms with E-state index in [2.05, 4.69) is 5.10 Å². The van der Waals surface area contributed by atoms with Gasteiger partial charge in [-0.25, -0.2) is 0 Å². The lowest BCUT2D eigenvalue weighted by atomic mass is 10.3.